The summed E-state index contributed by atoms with van der Waals surface area (Å²) in [5, 5.41) is 15.3. The molecule has 0 radical (unpaired) electrons. The maximum Gasteiger partial charge on any atom is 0.289 e. The summed E-state index contributed by atoms with van der Waals surface area (Å²) in [6.45, 7) is 3.65. The molecule has 1 fully saturated rings. The molecule has 4 rings (SSSR count). The molecule has 32 heavy (non-hydrogen) atoms. The quantitative estimate of drug-likeness (QED) is 0.239. The fraction of sp³-hybridized carbons (Fsp3) is 0.286. The molecule has 1 N–H and O–H groups in total. The fourth-order valence-corrected chi connectivity index (χ4v) is 4.32. The number of nitrogens with one attached hydrogen (secondary N) is 1. The van der Waals surface area contributed by atoms with E-state index in [9.17, 15) is 14.9 Å². The van der Waals surface area contributed by atoms with E-state index in [-0.39, 0.29) is 22.4 Å². The number of amides is 1. The normalized spacial score (nSPS) is 14.4. The number of thioether (sulfide) groups is 1. The summed E-state index contributed by atoms with van der Waals surface area (Å²) in [6, 6.07) is 11.8. The van der Waals surface area contributed by atoms with E-state index < -0.39 is 4.92 Å². The van der Waals surface area contributed by atoms with Crippen LogP contribution < -0.4 is 5.32 Å². The third kappa shape index (κ3) is 5.52. The summed E-state index contributed by atoms with van der Waals surface area (Å²) in [7, 11) is 0. The molecule has 1 amide bonds. The Hall–Kier alpha value is -2.79. The van der Waals surface area contributed by atoms with Gasteiger partial charge in [0, 0.05) is 30.2 Å². The lowest BCUT2D eigenvalue weighted by Crippen LogP contribution is -2.36. The lowest BCUT2D eigenvalue weighted by molar-refractivity contribution is -0.384. The van der Waals surface area contributed by atoms with Crippen LogP contribution in [-0.2, 0) is 16.1 Å². The van der Waals surface area contributed by atoms with Crippen LogP contribution in [0.3, 0.4) is 0 Å². The molecule has 3 aromatic rings. The third-order valence-corrected chi connectivity index (χ3v) is 6.16. The van der Waals surface area contributed by atoms with Crippen LogP contribution in [0.2, 0.25) is 5.02 Å². The van der Waals surface area contributed by atoms with Gasteiger partial charge in [-0.15, -0.1) is 0 Å². The minimum absolute atomic E-state index is 0.0163. The number of fused-ring (bicyclic) bond motifs is 1. The van der Waals surface area contributed by atoms with E-state index in [2.05, 4.69) is 15.2 Å². The van der Waals surface area contributed by atoms with Gasteiger partial charge >= 0.3 is 0 Å². The van der Waals surface area contributed by atoms with E-state index >= 15 is 0 Å². The van der Waals surface area contributed by atoms with Crippen LogP contribution in [0.4, 0.5) is 11.4 Å². The largest absolute Gasteiger partial charge is 0.379 e. The standard InChI is InChI=1S/C21H20ClN5O4S/c22-16-6-5-14(11-18(16)27(29)30)23-20(28)13-32-21-15-3-1-2-4-17(15)24-19(25-21)12-26-7-9-31-10-8-26/h1-6,11H,7-10,12-13H2,(H,23,28). The van der Waals surface area contributed by atoms with E-state index in [1.807, 2.05) is 24.3 Å². The zero-order chi connectivity index (χ0) is 22.5. The summed E-state index contributed by atoms with van der Waals surface area (Å²) in [6.07, 6.45) is 0. The monoisotopic (exact) mass is 473 g/mol. The Morgan fingerprint density at radius 3 is 2.78 bits per heavy atom. The maximum atomic E-state index is 12.5. The van der Waals surface area contributed by atoms with Gasteiger partial charge < -0.3 is 10.1 Å². The van der Waals surface area contributed by atoms with Gasteiger partial charge in [0.15, 0.2) is 0 Å². The zero-order valence-electron chi connectivity index (χ0n) is 17.0. The van der Waals surface area contributed by atoms with E-state index in [4.69, 9.17) is 21.3 Å². The van der Waals surface area contributed by atoms with E-state index in [1.54, 1.807) is 0 Å². The zero-order valence-corrected chi connectivity index (χ0v) is 18.6. The number of aromatic nitrogens is 2. The summed E-state index contributed by atoms with van der Waals surface area (Å²) >= 11 is 7.13. The van der Waals surface area contributed by atoms with Gasteiger partial charge in [-0.25, -0.2) is 9.97 Å². The number of carbonyl (C=O) groups is 1. The van der Waals surface area contributed by atoms with Crippen molar-refractivity contribution in [2.45, 2.75) is 11.6 Å². The lowest BCUT2D eigenvalue weighted by atomic mass is 10.2. The number of morpholine rings is 1. The Morgan fingerprint density at radius 1 is 1.22 bits per heavy atom. The number of benzene rings is 2. The molecule has 0 bridgehead atoms. The fourth-order valence-electron chi connectivity index (χ4n) is 3.29. The first-order valence-corrected chi connectivity index (χ1v) is 11.3. The molecule has 1 aliphatic rings. The lowest BCUT2D eigenvalue weighted by Gasteiger charge is -2.25. The molecule has 0 unspecified atom stereocenters. The summed E-state index contributed by atoms with van der Waals surface area (Å²) in [4.78, 5) is 34.6. The minimum atomic E-state index is -0.588. The summed E-state index contributed by atoms with van der Waals surface area (Å²) in [5.74, 6) is 0.486. The summed E-state index contributed by atoms with van der Waals surface area (Å²) in [5.41, 5.74) is 0.876. The number of nitro benzene ring substituents is 1. The number of nitrogens with zero attached hydrogens (tertiary/aromatic N) is 4. The molecule has 0 saturated carbocycles. The average Bonchev–Trinajstić information content (AvgIpc) is 2.79. The van der Waals surface area contributed by atoms with Crippen LogP contribution in [0.25, 0.3) is 10.9 Å². The van der Waals surface area contributed by atoms with Crippen molar-refractivity contribution in [2.24, 2.45) is 0 Å². The topological polar surface area (TPSA) is 110 Å². The number of halogens is 1. The number of nitro groups is 1. The predicted octanol–water partition coefficient (Wildman–Crippen LogP) is 3.75. The van der Waals surface area contributed by atoms with Crippen molar-refractivity contribution in [1.29, 1.82) is 0 Å². The number of rotatable bonds is 7. The van der Waals surface area contributed by atoms with E-state index in [0.717, 1.165) is 29.0 Å². The van der Waals surface area contributed by atoms with Crippen LogP contribution in [0.15, 0.2) is 47.5 Å². The van der Waals surface area contributed by atoms with Gasteiger partial charge in [-0.05, 0) is 18.2 Å². The molecular weight excluding hydrogens is 454 g/mol. The number of hydrogen-bond donors (Lipinski definition) is 1. The van der Waals surface area contributed by atoms with Gasteiger partial charge in [0.1, 0.15) is 15.9 Å². The maximum absolute atomic E-state index is 12.5. The van der Waals surface area contributed by atoms with Gasteiger partial charge in [0.25, 0.3) is 5.69 Å². The first-order valence-electron chi connectivity index (χ1n) is 9.92. The van der Waals surface area contributed by atoms with Gasteiger partial charge in [-0.2, -0.15) is 0 Å². The molecule has 9 nitrogen and oxygen atoms in total. The summed E-state index contributed by atoms with van der Waals surface area (Å²) < 4.78 is 5.40. The van der Waals surface area contributed by atoms with Crippen molar-refractivity contribution >= 4 is 51.5 Å². The molecule has 11 heteroatoms. The van der Waals surface area contributed by atoms with Gasteiger partial charge in [0.05, 0.1) is 36.0 Å². The van der Waals surface area contributed by atoms with Gasteiger partial charge in [-0.1, -0.05) is 41.6 Å². The van der Waals surface area contributed by atoms with Gasteiger partial charge in [0.2, 0.25) is 5.91 Å². The van der Waals surface area contributed by atoms with E-state index in [1.165, 1.54) is 30.0 Å². The minimum Gasteiger partial charge on any atom is -0.379 e. The second-order valence-electron chi connectivity index (χ2n) is 7.11. The first-order chi connectivity index (χ1) is 15.5. The van der Waals surface area contributed by atoms with Crippen molar-refractivity contribution in [3.63, 3.8) is 0 Å². The van der Waals surface area contributed by atoms with Crippen molar-refractivity contribution in [1.82, 2.24) is 14.9 Å². The second-order valence-corrected chi connectivity index (χ2v) is 8.48. The highest BCUT2D eigenvalue weighted by atomic mass is 35.5. The number of anilines is 1. The molecule has 166 valence electrons. The number of para-hydroxylation sites is 1. The van der Waals surface area contributed by atoms with Crippen molar-refractivity contribution in [2.75, 3.05) is 37.4 Å². The highest BCUT2D eigenvalue weighted by Crippen LogP contribution is 2.28. The Bertz CT molecular complexity index is 1160. The van der Waals surface area contributed by atoms with Crippen molar-refractivity contribution < 1.29 is 14.5 Å². The van der Waals surface area contributed by atoms with Crippen LogP contribution >= 0.6 is 23.4 Å². The Balaban J connectivity index is 1.47. The molecule has 1 saturated heterocycles. The van der Waals surface area contributed by atoms with Crippen LogP contribution in [0.1, 0.15) is 5.82 Å². The molecule has 2 heterocycles. The molecule has 1 aliphatic heterocycles. The average molecular weight is 474 g/mol. The predicted molar refractivity (Wildman–Crippen MR) is 123 cm³/mol. The van der Waals surface area contributed by atoms with Crippen LogP contribution in [-0.4, -0.2) is 57.8 Å². The van der Waals surface area contributed by atoms with E-state index in [0.29, 0.717) is 31.3 Å². The van der Waals surface area contributed by atoms with Gasteiger partial charge in [-0.3, -0.25) is 19.8 Å². The smallest absolute Gasteiger partial charge is 0.289 e. The number of carbonyl (C=O) groups excluding carboxylic acids is 1. The molecule has 0 aliphatic carbocycles. The Kier molecular flexibility index (Phi) is 7.15. The Labute approximate surface area is 193 Å². The molecular formula is C21H20ClN5O4S. The number of ether oxygens (including phenoxy) is 1. The highest BCUT2D eigenvalue weighted by Gasteiger charge is 2.17. The van der Waals surface area contributed by atoms with Crippen LogP contribution in [0.5, 0.6) is 0 Å². The first kappa shape index (κ1) is 22.4. The Morgan fingerprint density at radius 2 is 2.00 bits per heavy atom. The molecule has 0 atom stereocenters. The molecule has 0 spiro atoms. The SMILES string of the molecule is O=C(CSc1nc(CN2CCOCC2)nc2ccccc12)Nc1ccc(Cl)c([N+](=O)[O-])c1. The highest BCUT2D eigenvalue weighted by molar-refractivity contribution is 8.00. The second kappa shape index (κ2) is 10.2. The third-order valence-electron chi connectivity index (χ3n) is 4.85. The van der Waals surface area contributed by atoms with Crippen LogP contribution in [0, 0.1) is 10.1 Å². The molecule has 2 aromatic carbocycles. The molecule has 1 aromatic heterocycles. The van der Waals surface area contributed by atoms with Crippen molar-refractivity contribution in [3.05, 3.63) is 63.4 Å². The van der Waals surface area contributed by atoms with Crippen molar-refractivity contribution in [3.8, 4) is 0 Å². The number of hydrogen-bond acceptors (Lipinski definition) is 8.